The first kappa shape index (κ1) is 11.6. The number of aromatic nitrogens is 2. The van der Waals surface area contributed by atoms with E-state index < -0.39 is 5.97 Å². The van der Waals surface area contributed by atoms with Crippen LogP contribution in [-0.4, -0.2) is 29.7 Å². The van der Waals surface area contributed by atoms with Crippen LogP contribution in [0.4, 0.5) is 0 Å². The van der Waals surface area contributed by atoms with Crippen LogP contribution in [0.2, 0.25) is 0 Å². The Morgan fingerprint density at radius 2 is 2.20 bits per heavy atom. The Morgan fingerprint density at radius 1 is 1.47 bits per heavy atom. The van der Waals surface area contributed by atoms with E-state index in [2.05, 4.69) is 14.7 Å². The molecule has 0 aromatic carbocycles. The minimum atomic E-state index is -0.460. The van der Waals surface area contributed by atoms with E-state index in [9.17, 15) is 4.79 Å². The Hall–Kier alpha value is -1.49. The predicted octanol–water partition coefficient (Wildman–Crippen LogP) is 1.11. The molecule has 5 nitrogen and oxygen atoms in total. The van der Waals surface area contributed by atoms with Crippen molar-refractivity contribution in [3.63, 3.8) is 0 Å². The molecule has 0 saturated heterocycles. The minimum absolute atomic E-state index is 0.264. The van der Waals surface area contributed by atoms with E-state index in [-0.39, 0.29) is 5.69 Å². The first-order valence-electron chi connectivity index (χ1n) is 4.68. The number of hydrogen-bond acceptors (Lipinski definition) is 5. The zero-order valence-corrected chi connectivity index (χ0v) is 9.11. The first-order valence-corrected chi connectivity index (χ1v) is 4.68. The molecular weight excluding hydrogens is 196 g/mol. The number of aryl methyl sites for hydroxylation is 1. The third-order valence-electron chi connectivity index (χ3n) is 1.74. The molecule has 1 aromatic rings. The van der Waals surface area contributed by atoms with E-state index in [0.29, 0.717) is 24.7 Å². The molecule has 82 valence electrons. The lowest BCUT2D eigenvalue weighted by atomic mass is 10.3. The van der Waals surface area contributed by atoms with Gasteiger partial charge in [-0.2, -0.15) is 0 Å². The molecule has 0 aliphatic carbocycles. The lowest BCUT2D eigenvalue weighted by molar-refractivity contribution is 0.0592. The number of carbonyl (C=O) groups is 1. The largest absolute Gasteiger partial charge is 0.464 e. The second-order valence-electron chi connectivity index (χ2n) is 2.92. The highest BCUT2D eigenvalue weighted by atomic mass is 16.5. The summed E-state index contributed by atoms with van der Waals surface area (Å²) in [5.74, 6) is 0.0749. The van der Waals surface area contributed by atoms with Crippen LogP contribution < -0.4 is 0 Å². The van der Waals surface area contributed by atoms with Gasteiger partial charge in [0.25, 0.3) is 0 Å². The summed E-state index contributed by atoms with van der Waals surface area (Å²) in [5.41, 5.74) is 0.949. The van der Waals surface area contributed by atoms with Crippen molar-refractivity contribution in [1.29, 1.82) is 0 Å². The molecule has 1 rings (SSSR count). The van der Waals surface area contributed by atoms with Crippen LogP contribution in [0.15, 0.2) is 6.07 Å². The van der Waals surface area contributed by atoms with Gasteiger partial charge in [-0.05, 0) is 19.9 Å². The fraction of sp³-hybridized carbons (Fsp3) is 0.500. The standard InChI is InChI=1S/C10H14N2O3/c1-4-15-6-8-5-9(10(13)14-3)12-7(2)11-8/h5H,4,6H2,1-3H3. The van der Waals surface area contributed by atoms with Crippen molar-refractivity contribution in [1.82, 2.24) is 9.97 Å². The summed E-state index contributed by atoms with van der Waals surface area (Å²) in [6.45, 7) is 4.61. The second kappa shape index (κ2) is 5.41. The molecule has 0 fully saturated rings. The van der Waals surface area contributed by atoms with Gasteiger partial charge in [-0.15, -0.1) is 0 Å². The summed E-state index contributed by atoms with van der Waals surface area (Å²) >= 11 is 0. The van der Waals surface area contributed by atoms with Gasteiger partial charge in [0.2, 0.25) is 0 Å². The topological polar surface area (TPSA) is 61.3 Å². The molecule has 0 radical (unpaired) electrons. The van der Waals surface area contributed by atoms with Crippen LogP contribution in [0.5, 0.6) is 0 Å². The molecule has 5 heteroatoms. The molecule has 0 unspecified atom stereocenters. The van der Waals surface area contributed by atoms with Crippen molar-refractivity contribution in [3.05, 3.63) is 23.3 Å². The zero-order valence-electron chi connectivity index (χ0n) is 9.11. The monoisotopic (exact) mass is 210 g/mol. The molecular formula is C10H14N2O3. The first-order chi connectivity index (χ1) is 7.17. The number of ether oxygens (including phenoxy) is 2. The highest BCUT2D eigenvalue weighted by molar-refractivity contribution is 5.87. The number of methoxy groups -OCH3 is 1. The quantitative estimate of drug-likeness (QED) is 0.696. The Bertz CT molecular complexity index is 353. The molecule has 0 N–H and O–H groups in total. The molecule has 15 heavy (non-hydrogen) atoms. The number of rotatable bonds is 4. The maximum absolute atomic E-state index is 11.2. The van der Waals surface area contributed by atoms with Crippen LogP contribution in [-0.2, 0) is 16.1 Å². The molecule has 0 bridgehead atoms. The van der Waals surface area contributed by atoms with E-state index in [4.69, 9.17) is 4.74 Å². The van der Waals surface area contributed by atoms with Crippen LogP contribution in [0, 0.1) is 6.92 Å². The molecule has 0 spiro atoms. The highest BCUT2D eigenvalue weighted by Crippen LogP contribution is 2.04. The molecule has 1 heterocycles. The maximum atomic E-state index is 11.2. The second-order valence-corrected chi connectivity index (χ2v) is 2.92. The number of esters is 1. The summed E-state index contributed by atoms with van der Waals surface area (Å²) in [5, 5.41) is 0. The van der Waals surface area contributed by atoms with Crippen molar-refractivity contribution in [2.75, 3.05) is 13.7 Å². The maximum Gasteiger partial charge on any atom is 0.356 e. The third-order valence-corrected chi connectivity index (χ3v) is 1.74. The number of nitrogens with zero attached hydrogens (tertiary/aromatic N) is 2. The Morgan fingerprint density at radius 3 is 2.80 bits per heavy atom. The van der Waals surface area contributed by atoms with E-state index >= 15 is 0 Å². The SMILES string of the molecule is CCOCc1cc(C(=O)OC)nc(C)n1. The highest BCUT2D eigenvalue weighted by Gasteiger charge is 2.10. The molecule has 0 atom stereocenters. The molecule has 0 aliphatic rings. The van der Waals surface area contributed by atoms with Gasteiger partial charge in [0.05, 0.1) is 19.4 Å². The van der Waals surface area contributed by atoms with E-state index in [1.54, 1.807) is 13.0 Å². The van der Waals surface area contributed by atoms with Crippen LogP contribution >= 0.6 is 0 Å². The van der Waals surface area contributed by atoms with Crippen molar-refractivity contribution in [2.24, 2.45) is 0 Å². The zero-order chi connectivity index (χ0) is 11.3. The van der Waals surface area contributed by atoms with Gasteiger partial charge in [0, 0.05) is 6.61 Å². The molecule has 0 aliphatic heterocycles. The van der Waals surface area contributed by atoms with Gasteiger partial charge >= 0.3 is 5.97 Å². The van der Waals surface area contributed by atoms with E-state index in [1.807, 2.05) is 6.92 Å². The van der Waals surface area contributed by atoms with Gasteiger partial charge in [-0.25, -0.2) is 14.8 Å². The van der Waals surface area contributed by atoms with Gasteiger partial charge < -0.3 is 9.47 Å². The summed E-state index contributed by atoms with van der Waals surface area (Å²) in [6.07, 6.45) is 0. The fourth-order valence-electron chi connectivity index (χ4n) is 1.12. The Labute approximate surface area is 88.4 Å². The van der Waals surface area contributed by atoms with Gasteiger partial charge in [0.15, 0.2) is 5.69 Å². The molecule has 0 saturated carbocycles. The average Bonchev–Trinajstić information content (AvgIpc) is 2.24. The van der Waals surface area contributed by atoms with Crippen LogP contribution in [0.1, 0.15) is 28.9 Å². The summed E-state index contributed by atoms with van der Waals surface area (Å²) < 4.78 is 9.78. The molecule has 0 amide bonds. The minimum Gasteiger partial charge on any atom is -0.464 e. The smallest absolute Gasteiger partial charge is 0.356 e. The fourth-order valence-corrected chi connectivity index (χ4v) is 1.12. The van der Waals surface area contributed by atoms with Crippen LogP contribution in [0.25, 0.3) is 0 Å². The number of hydrogen-bond donors (Lipinski definition) is 0. The van der Waals surface area contributed by atoms with E-state index in [0.717, 1.165) is 0 Å². The lowest BCUT2D eigenvalue weighted by Gasteiger charge is -2.04. The van der Waals surface area contributed by atoms with Crippen molar-refractivity contribution in [3.8, 4) is 0 Å². The molecule has 1 aromatic heterocycles. The normalized spacial score (nSPS) is 10.1. The average molecular weight is 210 g/mol. The van der Waals surface area contributed by atoms with Gasteiger partial charge in [-0.3, -0.25) is 0 Å². The van der Waals surface area contributed by atoms with Crippen molar-refractivity contribution < 1.29 is 14.3 Å². The van der Waals surface area contributed by atoms with Gasteiger partial charge in [0.1, 0.15) is 5.82 Å². The summed E-state index contributed by atoms with van der Waals surface area (Å²) in [6, 6.07) is 1.58. The number of carbonyl (C=O) groups excluding carboxylic acids is 1. The van der Waals surface area contributed by atoms with Crippen molar-refractivity contribution in [2.45, 2.75) is 20.5 Å². The third kappa shape index (κ3) is 3.28. The summed E-state index contributed by atoms with van der Waals surface area (Å²) in [7, 11) is 1.32. The van der Waals surface area contributed by atoms with Gasteiger partial charge in [-0.1, -0.05) is 0 Å². The van der Waals surface area contributed by atoms with Crippen molar-refractivity contribution >= 4 is 5.97 Å². The Balaban J connectivity index is 2.89. The van der Waals surface area contributed by atoms with E-state index in [1.165, 1.54) is 7.11 Å². The lowest BCUT2D eigenvalue weighted by Crippen LogP contribution is -2.09. The van der Waals surface area contributed by atoms with Crippen LogP contribution in [0.3, 0.4) is 0 Å². The summed E-state index contributed by atoms with van der Waals surface area (Å²) in [4.78, 5) is 19.4. The Kier molecular flexibility index (Phi) is 4.17. The predicted molar refractivity (Wildman–Crippen MR) is 53.4 cm³/mol.